The van der Waals surface area contributed by atoms with Crippen molar-refractivity contribution in [2.75, 3.05) is 4.90 Å². The van der Waals surface area contributed by atoms with Crippen molar-refractivity contribution < 1.29 is 0 Å². The largest absolute Gasteiger partial charge is 0.337 e. The summed E-state index contributed by atoms with van der Waals surface area (Å²) in [6.07, 6.45) is 15.7. The minimum Gasteiger partial charge on any atom is -0.337 e. The molecule has 2 aromatic heterocycles. The van der Waals surface area contributed by atoms with Gasteiger partial charge in [0.2, 0.25) is 0 Å². The highest BCUT2D eigenvalue weighted by atomic mass is 15.1. The second kappa shape index (κ2) is 18.5. The third kappa shape index (κ3) is 8.34. The minimum absolute atomic E-state index is 0.782. The highest BCUT2D eigenvalue weighted by Gasteiger charge is 2.19. The average Bonchev–Trinajstić information content (AvgIpc) is 3.69. The zero-order valence-electron chi connectivity index (χ0n) is 36.2. The second-order valence-corrected chi connectivity index (χ2v) is 15.7. The molecule has 3 heteroatoms. The van der Waals surface area contributed by atoms with Crippen molar-refractivity contribution in [2.24, 2.45) is 0 Å². The van der Waals surface area contributed by atoms with Crippen LogP contribution in [0.2, 0.25) is 0 Å². The summed E-state index contributed by atoms with van der Waals surface area (Å²) in [5, 5.41) is 3.69. The molecule has 0 spiro atoms. The van der Waals surface area contributed by atoms with E-state index in [1.807, 2.05) is 26.0 Å². The number of benzene rings is 7. The van der Waals surface area contributed by atoms with E-state index >= 15 is 0 Å². The van der Waals surface area contributed by atoms with E-state index in [0.29, 0.717) is 0 Å². The molecule has 3 nitrogen and oxygen atoms in total. The van der Waals surface area contributed by atoms with Gasteiger partial charge in [-0.1, -0.05) is 178 Å². The van der Waals surface area contributed by atoms with Gasteiger partial charge in [-0.25, -0.2) is 4.98 Å². The van der Waals surface area contributed by atoms with Crippen LogP contribution in [0.3, 0.4) is 0 Å². The third-order valence-corrected chi connectivity index (χ3v) is 11.8. The first-order valence-corrected chi connectivity index (χ1v) is 22.0. The van der Waals surface area contributed by atoms with E-state index < -0.39 is 0 Å². The molecule has 9 aromatic rings. The van der Waals surface area contributed by atoms with Gasteiger partial charge in [0.15, 0.2) is 0 Å². The smallest absolute Gasteiger partial charge is 0.0716 e. The molecule has 0 bridgehead atoms. The Morgan fingerprint density at radius 2 is 1.29 bits per heavy atom. The number of pyridine rings is 1. The van der Waals surface area contributed by atoms with E-state index in [-0.39, 0.29) is 0 Å². The van der Waals surface area contributed by atoms with E-state index in [2.05, 4.69) is 229 Å². The molecule has 0 saturated heterocycles. The number of hydrogen-bond acceptors (Lipinski definition) is 2. The van der Waals surface area contributed by atoms with E-state index in [1.165, 1.54) is 60.9 Å². The fourth-order valence-electron chi connectivity index (χ4n) is 8.74. The number of allylic oxidation sites excluding steroid dienone is 7. The van der Waals surface area contributed by atoms with Gasteiger partial charge in [-0.2, -0.15) is 0 Å². The van der Waals surface area contributed by atoms with Gasteiger partial charge >= 0.3 is 0 Å². The highest BCUT2D eigenvalue weighted by Crippen LogP contribution is 2.37. The van der Waals surface area contributed by atoms with Crippen LogP contribution in [0, 0.1) is 0 Å². The van der Waals surface area contributed by atoms with Gasteiger partial charge in [0.05, 0.1) is 22.2 Å². The Morgan fingerprint density at radius 1 is 0.619 bits per heavy atom. The lowest BCUT2D eigenvalue weighted by atomic mass is 9.94. The Bertz CT molecular complexity index is 3160. The Hall–Kier alpha value is -7.75. The molecule has 63 heavy (non-hydrogen) atoms. The molecule has 7 aromatic carbocycles. The summed E-state index contributed by atoms with van der Waals surface area (Å²) in [4.78, 5) is 7.71. The minimum atomic E-state index is 0.782. The lowest BCUT2D eigenvalue weighted by Crippen LogP contribution is -2.24. The van der Waals surface area contributed by atoms with Crippen LogP contribution in [0.5, 0.6) is 0 Å². The normalized spacial score (nSPS) is 12.8. The number of fused-ring (bicyclic) bond motifs is 5. The fraction of sp³-hybridized carbons (Fsp3) is 0.0833. The summed E-state index contributed by atoms with van der Waals surface area (Å²) in [5.41, 5.74) is 17.4. The Kier molecular flexibility index (Phi) is 11.9. The maximum absolute atomic E-state index is 5.34. The molecule has 0 radical (unpaired) electrons. The zero-order valence-corrected chi connectivity index (χ0v) is 36.2. The molecule has 0 aliphatic carbocycles. The number of hydrogen-bond donors (Lipinski definition) is 0. The van der Waals surface area contributed by atoms with Crippen molar-refractivity contribution in [1.82, 2.24) is 9.55 Å². The molecule has 306 valence electrons. The first kappa shape index (κ1) is 40.6. The summed E-state index contributed by atoms with van der Waals surface area (Å²) in [6.45, 7) is 10.9. The number of rotatable bonds is 10. The molecule has 0 atom stereocenters. The topological polar surface area (TPSA) is 21.1 Å². The van der Waals surface area contributed by atoms with Gasteiger partial charge < -0.3 is 9.47 Å². The van der Waals surface area contributed by atoms with Crippen LogP contribution in [-0.2, 0) is 13.0 Å². The lowest BCUT2D eigenvalue weighted by Gasteiger charge is -2.31. The summed E-state index contributed by atoms with van der Waals surface area (Å²) in [6, 6.07) is 63.3. The van der Waals surface area contributed by atoms with E-state index in [0.717, 1.165) is 52.1 Å². The predicted molar refractivity (Wildman–Crippen MR) is 272 cm³/mol. The van der Waals surface area contributed by atoms with Crippen LogP contribution in [0.25, 0.3) is 78.0 Å². The molecule has 10 rings (SSSR count). The van der Waals surface area contributed by atoms with Gasteiger partial charge in [0, 0.05) is 45.3 Å². The second-order valence-electron chi connectivity index (χ2n) is 15.7. The van der Waals surface area contributed by atoms with E-state index in [4.69, 9.17) is 4.98 Å². The van der Waals surface area contributed by atoms with Crippen molar-refractivity contribution >= 4 is 50.2 Å². The number of nitrogens with zero attached hydrogens (tertiary/aromatic N) is 3. The van der Waals surface area contributed by atoms with E-state index in [1.54, 1.807) is 0 Å². The summed E-state index contributed by atoms with van der Waals surface area (Å²) in [7, 11) is 0. The van der Waals surface area contributed by atoms with Crippen LogP contribution in [0.4, 0.5) is 5.69 Å². The monoisotopic (exact) mass is 813 g/mol. The zero-order chi connectivity index (χ0) is 43.1. The van der Waals surface area contributed by atoms with Gasteiger partial charge in [-0.05, 0) is 113 Å². The fourth-order valence-corrected chi connectivity index (χ4v) is 8.74. The van der Waals surface area contributed by atoms with Crippen molar-refractivity contribution in [2.45, 2.75) is 33.7 Å². The van der Waals surface area contributed by atoms with Crippen LogP contribution in [0.15, 0.2) is 225 Å². The summed E-state index contributed by atoms with van der Waals surface area (Å²) < 4.78 is 2.36. The molecule has 0 saturated carbocycles. The van der Waals surface area contributed by atoms with Gasteiger partial charge in [-0.3, -0.25) is 0 Å². The standard InChI is InChI=1S/C58H45N3.C2H6/c1-3-4-24-49-37-46-21-10-11-22-48(46)40-60(49)50-25-16-23-47(38-50)56-39-53(45-33-31-44(32-34-45)43-19-6-5-7-20-43)54-36-42(30-35-55(54)59-56)18-9-8-17-41(2)61-57-28-14-12-26-51(57)52-27-13-15-29-58(52)61;1-2/h3-17,19-39H,1,18,40H2,2H3;1-2H3/b9-8-,24-4-,41-17+;. The third-order valence-electron chi connectivity index (χ3n) is 11.8. The summed E-state index contributed by atoms with van der Waals surface area (Å²) >= 11 is 0. The molecule has 3 heterocycles. The van der Waals surface area contributed by atoms with Gasteiger partial charge in [0.1, 0.15) is 0 Å². The van der Waals surface area contributed by atoms with Crippen LogP contribution >= 0.6 is 0 Å². The molecular weight excluding hydrogens is 763 g/mol. The number of para-hydroxylation sites is 2. The average molecular weight is 814 g/mol. The quantitative estimate of drug-likeness (QED) is 0.128. The van der Waals surface area contributed by atoms with Crippen LogP contribution < -0.4 is 4.90 Å². The SMILES string of the molecule is C=C/C=C\C1=Cc2ccccc2CN1c1cccc(-c2cc(-c3ccc(-c4ccccc4)cc3)c3cc(C/C=C\C=C(/C)n4c5ccccc5c5ccccc54)ccc3n2)c1.CC. The molecule has 0 amide bonds. The van der Waals surface area contributed by atoms with Crippen molar-refractivity contribution in [3.8, 4) is 33.5 Å². The Balaban J connectivity index is 0.00000249. The van der Waals surface area contributed by atoms with Crippen molar-refractivity contribution in [3.63, 3.8) is 0 Å². The molecule has 0 fully saturated rings. The highest BCUT2D eigenvalue weighted by molar-refractivity contribution is 6.10. The van der Waals surface area contributed by atoms with Crippen molar-refractivity contribution in [3.05, 3.63) is 241 Å². The number of anilines is 1. The molecular formula is C60H51N3. The van der Waals surface area contributed by atoms with Crippen LogP contribution in [0.1, 0.15) is 37.5 Å². The van der Waals surface area contributed by atoms with Crippen molar-refractivity contribution in [1.29, 1.82) is 0 Å². The lowest BCUT2D eigenvalue weighted by molar-refractivity contribution is 0.921. The molecule has 0 unspecified atom stereocenters. The summed E-state index contributed by atoms with van der Waals surface area (Å²) in [5.74, 6) is 0. The number of aromatic nitrogens is 2. The molecule has 1 aliphatic rings. The first-order valence-electron chi connectivity index (χ1n) is 22.0. The molecule has 0 N–H and O–H groups in total. The van der Waals surface area contributed by atoms with Gasteiger partial charge in [-0.15, -0.1) is 0 Å². The van der Waals surface area contributed by atoms with Gasteiger partial charge in [0.25, 0.3) is 0 Å². The maximum atomic E-state index is 5.34. The van der Waals surface area contributed by atoms with Crippen LogP contribution in [-0.4, -0.2) is 9.55 Å². The molecule has 1 aliphatic heterocycles. The predicted octanol–water partition coefficient (Wildman–Crippen LogP) is 16.1. The Morgan fingerprint density at radius 3 is 2.05 bits per heavy atom. The Labute approximate surface area is 371 Å². The van der Waals surface area contributed by atoms with E-state index in [9.17, 15) is 0 Å². The first-order chi connectivity index (χ1) is 31.1. The maximum Gasteiger partial charge on any atom is 0.0716 e.